The lowest BCUT2D eigenvalue weighted by molar-refractivity contribution is 0.581. The highest BCUT2D eigenvalue weighted by Crippen LogP contribution is 2.22. The van der Waals surface area contributed by atoms with Crippen molar-refractivity contribution in [2.75, 3.05) is 29.5 Å². The van der Waals surface area contributed by atoms with Gasteiger partial charge in [0.05, 0.1) is 28.8 Å². The van der Waals surface area contributed by atoms with Gasteiger partial charge in [0.25, 0.3) is 0 Å². The Morgan fingerprint density at radius 1 is 1.29 bits per heavy atom. The Morgan fingerprint density at radius 2 is 1.94 bits per heavy atom. The first-order chi connectivity index (χ1) is 8.02. The van der Waals surface area contributed by atoms with Gasteiger partial charge in [-0.15, -0.1) is 0 Å². The average Bonchev–Trinajstić information content (AvgIpc) is 2.29. The highest BCUT2D eigenvalue weighted by atomic mass is 32.2. The second-order valence-electron chi connectivity index (χ2n) is 3.92. The van der Waals surface area contributed by atoms with Crippen LogP contribution in [0.25, 0.3) is 0 Å². The quantitative estimate of drug-likeness (QED) is 0.748. The van der Waals surface area contributed by atoms with Gasteiger partial charge in [0.1, 0.15) is 5.82 Å². The van der Waals surface area contributed by atoms with Crippen molar-refractivity contribution in [1.29, 1.82) is 5.26 Å². The Hall–Kier alpha value is -1.61. The lowest BCUT2D eigenvalue weighted by atomic mass is 10.2. The fourth-order valence-electron chi connectivity index (χ4n) is 1.79. The molecular formula is C11H11FN2O2S. The number of nitrogens with zero attached hydrogens (tertiary/aromatic N) is 2. The summed E-state index contributed by atoms with van der Waals surface area (Å²) in [7, 11) is -2.97. The van der Waals surface area contributed by atoms with E-state index in [1.807, 2.05) is 6.07 Å². The van der Waals surface area contributed by atoms with Crippen LogP contribution in [-0.2, 0) is 9.84 Å². The topological polar surface area (TPSA) is 61.2 Å². The largest absolute Gasteiger partial charge is 0.367 e. The van der Waals surface area contributed by atoms with Gasteiger partial charge in [-0.1, -0.05) is 0 Å². The Balaban J connectivity index is 2.22. The summed E-state index contributed by atoms with van der Waals surface area (Å²) in [5.74, 6) is -0.387. The van der Waals surface area contributed by atoms with E-state index in [1.165, 1.54) is 18.2 Å². The molecule has 1 fully saturated rings. The standard InChI is InChI=1S/C11H11FN2O2S/c12-10-7-9(8-13)1-2-11(10)14-3-5-17(15,16)6-4-14/h1-2,7H,3-6H2. The molecule has 0 atom stereocenters. The van der Waals surface area contributed by atoms with E-state index in [9.17, 15) is 12.8 Å². The van der Waals surface area contributed by atoms with Crippen LogP contribution in [0.2, 0.25) is 0 Å². The van der Waals surface area contributed by atoms with Crippen molar-refractivity contribution in [1.82, 2.24) is 0 Å². The number of benzene rings is 1. The van der Waals surface area contributed by atoms with E-state index in [0.717, 1.165) is 0 Å². The third kappa shape index (κ3) is 2.56. The van der Waals surface area contributed by atoms with E-state index in [-0.39, 0.29) is 17.1 Å². The predicted molar refractivity (Wildman–Crippen MR) is 62.0 cm³/mol. The second kappa shape index (κ2) is 4.34. The molecule has 0 amide bonds. The predicted octanol–water partition coefficient (Wildman–Crippen LogP) is 0.932. The third-order valence-electron chi connectivity index (χ3n) is 2.76. The Kier molecular flexibility index (Phi) is 3.03. The van der Waals surface area contributed by atoms with E-state index in [2.05, 4.69) is 0 Å². The molecule has 0 aromatic heterocycles. The Bertz CT molecular complexity index is 564. The zero-order chi connectivity index (χ0) is 12.5. The fourth-order valence-corrected chi connectivity index (χ4v) is 2.99. The summed E-state index contributed by atoms with van der Waals surface area (Å²) in [5, 5.41) is 8.62. The Morgan fingerprint density at radius 3 is 2.47 bits per heavy atom. The van der Waals surface area contributed by atoms with E-state index >= 15 is 0 Å². The van der Waals surface area contributed by atoms with Gasteiger partial charge in [0, 0.05) is 13.1 Å². The second-order valence-corrected chi connectivity index (χ2v) is 6.22. The van der Waals surface area contributed by atoms with Crippen LogP contribution in [0.5, 0.6) is 0 Å². The van der Waals surface area contributed by atoms with Crippen molar-refractivity contribution < 1.29 is 12.8 Å². The van der Waals surface area contributed by atoms with Crippen LogP contribution in [0, 0.1) is 17.1 Å². The minimum absolute atomic E-state index is 0.0481. The molecule has 17 heavy (non-hydrogen) atoms. The minimum atomic E-state index is -2.97. The molecule has 6 heteroatoms. The van der Waals surface area contributed by atoms with Gasteiger partial charge in [-0.3, -0.25) is 0 Å². The first kappa shape index (κ1) is 11.9. The number of sulfone groups is 1. The molecular weight excluding hydrogens is 243 g/mol. The summed E-state index contributed by atoms with van der Waals surface area (Å²) >= 11 is 0. The van der Waals surface area contributed by atoms with Gasteiger partial charge in [-0.2, -0.15) is 5.26 Å². The number of nitriles is 1. The molecule has 0 N–H and O–H groups in total. The lowest BCUT2D eigenvalue weighted by Crippen LogP contribution is -2.40. The van der Waals surface area contributed by atoms with Gasteiger partial charge in [-0.25, -0.2) is 12.8 Å². The number of hydrogen-bond acceptors (Lipinski definition) is 4. The number of anilines is 1. The molecule has 1 saturated heterocycles. The molecule has 0 aliphatic carbocycles. The highest BCUT2D eigenvalue weighted by Gasteiger charge is 2.23. The molecule has 1 aromatic rings. The molecule has 1 aliphatic rings. The van der Waals surface area contributed by atoms with E-state index in [0.29, 0.717) is 18.8 Å². The summed E-state index contributed by atoms with van der Waals surface area (Å²) in [6.07, 6.45) is 0. The van der Waals surface area contributed by atoms with Crippen molar-refractivity contribution in [2.24, 2.45) is 0 Å². The zero-order valence-electron chi connectivity index (χ0n) is 9.06. The smallest absolute Gasteiger partial charge is 0.153 e. The number of hydrogen-bond donors (Lipinski definition) is 0. The summed E-state index contributed by atoms with van der Waals surface area (Å²) < 4.78 is 36.2. The Labute approximate surface area is 99.2 Å². The molecule has 1 aliphatic heterocycles. The summed E-state index contributed by atoms with van der Waals surface area (Å²) in [4.78, 5) is 1.69. The van der Waals surface area contributed by atoms with Crippen LogP contribution in [-0.4, -0.2) is 33.0 Å². The van der Waals surface area contributed by atoms with Crippen LogP contribution in [0.4, 0.5) is 10.1 Å². The maximum Gasteiger partial charge on any atom is 0.153 e. The molecule has 4 nitrogen and oxygen atoms in total. The minimum Gasteiger partial charge on any atom is -0.367 e. The molecule has 1 heterocycles. The van der Waals surface area contributed by atoms with Gasteiger partial charge >= 0.3 is 0 Å². The van der Waals surface area contributed by atoms with Gasteiger partial charge in [-0.05, 0) is 18.2 Å². The summed E-state index contributed by atoms with van der Waals surface area (Å²) in [5.41, 5.74) is 0.620. The van der Waals surface area contributed by atoms with Crippen LogP contribution >= 0.6 is 0 Å². The molecule has 1 aromatic carbocycles. The van der Waals surface area contributed by atoms with E-state index in [1.54, 1.807) is 4.90 Å². The van der Waals surface area contributed by atoms with Gasteiger partial charge < -0.3 is 4.90 Å². The van der Waals surface area contributed by atoms with Crippen molar-refractivity contribution in [2.45, 2.75) is 0 Å². The normalized spacial score (nSPS) is 18.7. The monoisotopic (exact) mass is 254 g/mol. The van der Waals surface area contributed by atoms with Crippen LogP contribution in [0.15, 0.2) is 18.2 Å². The maximum absolute atomic E-state index is 13.7. The van der Waals surface area contributed by atoms with Crippen molar-refractivity contribution >= 4 is 15.5 Å². The van der Waals surface area contributed by atoms with Crippen molar-refractivity contribution in [3.8, 4) is 6.07 Å². The molecule has 0 bridgehead atoms. The van der Waals surface area contributed by atoms with Gasteiger partial charge in [0.2, 0.25) is 0 Å². The lowest BCUT2D eigenvalue weighted by Gasteiger charge is -2.28. The first-order valence-electron chi connectivity index (χ1n) is 5.17. The molecule has 0 unspecified atom stereocenters. The van der Waals surface area contributed by atoms with Gasteiger partial charge in [0.15, 0.2) is 9.84 Å². The average molecular weight is 254 g/mol. The molecule has 90 valence electrons. The number of halogens is 1. The zero-order valence-corrected chi connectivity index (χ0v) is 9.87. The van der Waals surface area contributed by atoms with Crippen molar-refractivity contribution in [3.63, 3.8) is 0 Å². The third-order valence-corrected chi connectivity index (χ3v) is 4.37. The fraction of sp³-hybridized carbons (Fsp3) is 0.364. The van der Waals surface area contributed by atoms with Crippen LogP contribution in [0.1, 0.15) is 5.56 Å². The highest BCUT2D eigenvalue weighted by molar-refractivity contribution is 7.91. The summed E-state index contributed by atoms with van der Waals surface area (Å²) in [6.45, 7) is 0.594. The van der Waals surface area contributed by atoms with Crippen LogP contribution < -0.4 is 4.90 Å². The molecule has 0 saturated carbocycles. The van der Waals surface area contributed by atoms with E-state index in [4.69, 9.17) is 5.26 Å². The molecule has 0 radical (unpaired) electrons. The summed E-state index contributed by atoms with van der Waals surface area (Å²) in [6, 6.07) is 6.07. The number of rotatable bonds is 1. The first-order valence-corrected chi connectivity index (χ1v) is 6.99. The maximum atomic E-state index is 13.7. The van der Waals surface area contributed by atoms with Crippen molar-refractivity contribution in [3.05, 3.63) is 29.6 Å². The van der Waals surface area contributed by atoms with Crippen LogP contribution in [0.3, 0.4) is 0 Å². The molecule has 2 rings (SSSR count). The SMILES string of the molecule is N#Cc1ccc(N2CCS(=O)(=O)CC2)c(F)c1. The van der Waals surface area contributed by atoms with E-state index < -0.39 is 15.7 Å². The molecule has 0 spiro atoms.